The Bertz CT molecular complexity index is 1620. The summed E-state index contributed by atoms with van der Waals surface area (Å²) in [5.41, 5.74) is -0.0127. The number of carbonyl (C=O) groups is 1. The number of hydrogen-bond acceptors (Lipinski definition) is 4. The lowest BCUT2D eigenvalue weighted by Crippen LogP contribution is -2.04. The van der Waals surface area contributed by atoms with Crippen molar-refractivity contribution in [3.05, 3.63) is 93.0 Å². The summed E-state index contributed by atoms with van der Waals surface area (Å²) in [5, 5.41) is 6.22. The fraction of sp³-hybridized carbons (Fsp3) is 0.0800. The smallest absolute Gasteiger partial charge is 0.338 e. The van der Waals surface area contributed by atoms with Crippen LogP contribution in [-0.4, -0.2) is 17.6 Å². The largest absolute Gasteiger partial charge is 0.462 e. The lowest BCUT2D eigenvalue weighted by atomic mass is 9.94. The highest BCUT2D eigenvalue weighted by molar-refractivity contribution is 6.22. The zero-order valence-corrected chi connectivity index (χ0v) is 16.2. The highest BCUT2D eigenvalue weighted by Crippen LogP contribution is 2.33. The van der Waals surface area contributed by atoms with Crippen LogP contribution in [0.5, 0.6) is 0 Å². The van der Waals surface area contributed by atoms with Crippen LogP contribution in [-0.2, 0) is 4.74 Å². The third-order valence-electron chi connectivity index (χ3n) is 5.47. The topological polar surface area (TPSA) is 76.2 Å². The van der Waals surface area contributed by atoms with Crippen molar-refractivity contribution in [1.82, 2.24) is 4.98 Å². The number of H-pyrrole nitrogens is 1. The van der Waals surface area contributed by atoms with Crippen molar-refractivity contribution in [2.75, 3.05) is 6.61 Å². The van der Waals surface area contributed by atoms with E-state index < -0.39 is 0 Å². The molecule has 0 atom stereocenters. The van der Waals surface area contributed by atoms with Crippen molar-refractivity contribution in [3.8, 4) is 0 Å². The molecule has 0 aliphatic rings. The molecule has 30 heavy (non-hydrogen) atoms. The Balaban J connectivity index is 1.90. The fourth-order valence-corrected chi connectivity index (χ4v) is 4.10. The average Bonchev–Trinajstić information content (AvgIpc) is 2.91. The van der Waals surface area contributed by atoms with Crippen molar-refractivity contribution >= 4 is 49.1 Å². The number of benzene rings is 4. The van der Waals surface area contributed by atoms with Gasteiger partial charge in [-0.2, -0.15) is 0 Å². The van der Waals surface area contributed by atoms with Gasteiger partial charge in [0.25, 0.3) is 5.56 Å². The quantitative estimate of drug-likeness (QED) is 0.352. The fourth-order valence-electron chi connectivity index (χ4n) is 4.10. The van der Waals surface area contributed by atoms with Gasteiger partial charge in [0.2, 0.25) is 0 Å². The Kier molecular flexibility index (Phi) is 4.10. The predicted molar refractivity (Wildman–Crippen MR) is 119 cm³/mol. The van der Waals surface area contributed by atoms with E-state index >= 15 is 0 Å². The molecule has 0 unspecified atom stereocenters. The lowest BCUT2D eigenvalue weighted by Gasteiger charge is -2.10. The minimum atomic E-state index is -0.356. The number of hydrogen-bond donors (Lipinski definition) is 1. The molecular formula is C25H17NO4. The maximum Gasteiger partial charge on any atom is 0.338 e. The summed E-state index contributed by atoms with van der Waals surface area (Å²) in [7, 11) is 0. The molecular weight excluding hydrogens is 378 g/mol. The SMILES string of the molecule is CCOC(=O)c1ccc2ccc3c(ccc4c3ccc3c(=O)[nH]ccc(=O)c34)c2c1. The van der Waals surface area contributed by atoms with Crippen molar-refractivity contribution in [2.24, 2.45) is 0 Å². The summed E-state index contributed by atoms with van der Waals surface area (Å²) in [5.74, 6) is -0.356. The van der Waals surface area contributed by atoms with Crippen LogP contribution in [0.3, 0.4) is 0 Å². The third-order valence-corrected chi connectivity index (χ3v) is 5.47. The molecule has 5 nitrogen and oxygen atoms in total. The van der Waals surface area contributed by atoms with E-state index in [0.717, 1.165) is 32.3 Å². The van der Waals surface area contributed by atoms with Gasteiger partial charge >= 0.3 is 5.97 Å². The summed E-state index contributed by atoms with van der Waals surface area (Å²) in [6.45, 7) is 2.10. The maximum atomic E-state index is 12.7. The van der Waals surface area contributed by atoms with Gasteiger partial charge in [-0.15, -0.1) is 0 Å². The monoisotopic (exact) mass is 395 g/mol. The van der Waals surface area contributed by atoms with Crippen LogP contribution in [0, 0.1) is 0 Å². The minimum Gasteiger partial charge on any atom is -0.462 e. The van der Waals surface area contributed by atoms with E-state index in [1.165, 1.54) is 12.3 Å². The molecule has 0 saturated heterocycles. The molecule has 1 aromatic heterocycles. The molecule has 4 aromatic carbocycles. The Morgan fingerprint density at radius 3 is 2.23 bits per heavy atom. The molecule has 1 N–H and O–H groups in total. The highest BCUT2D eigenvalue weighted by atomic mass is 16.5. The second kappa shape index (κ2) is 6.81. The van der Waals surface area contributed by atoms with Crippen molar-refractivity contribution in [3.63, 3.8) is 0 Å². The Morgan fingerprint density at radius 2 is 1.43 bits per heavy atom. The Labute approximate surface area is 170 Å². The van der Waals surface area contributed by atoms with Gasteiger partial charge in [-0.25, -0.2) is 4.79 Å². The van der Waals surface area contributed by atoms with Gasteiger partial charge in [-0.05, 0) is 57.4 Å². The number of fused-ring (bicyclic) bond motifs is 7. The van der Waals surface area contributed by atoms with Crippen LogP contribution in [0.25, 0.3) is 43.1 Å². The predicted octanol–water partition coefficient (Wildman–Crippen LogP) is 4.52. The minimum absolute atomic E-state index is 0.210. The number of ether oxygens (including phenoxy) is 1. The first-order valence-corrected chi connectivity index (χ1v) is 9.69. The van der Waals surface area contributed by atoms with Crippen molar-refractivity contribution in [2.45, 2.75) is 6.92 Å². The zero-order valence-electron chi connectivity index (χ0n) is 16.2. The number of rotatable bonds is 2. The number of aromatic amines is 1. The molecule has 5 aromatic rings. The molecule has 0 amide bonds. The molecule has 0 bridgehead atoms. The highest BCUT2D eigenvalue weighted by Gasteiger charge is 2.12. The van der Waals surface area contributed by atoms with Gasteiger partial charge in [-0.1, -0.05) is 36.4 Å². The van der Waals surface area contributed by atoms with Crippen LogP contribution in [0.15, 0.2) is 76.4 Å². The van der Waals surface area contributed by atoms with Gasteiger partial charge in [0.05, 0.1) is 17.6 Å². The van der Waals surface area contributed by atoms with Gasteiger partial charge in [-0.3, -0.25) is 9.59 Å². The summed E-state index contributed by atoms with van der Waals surface area (Å²) >= 11 is 0. The molecule has 0 aliphatic heterocycles. The second-order valence-electron chi connectivity index (χ2n) is 7.14. The van der Waals surface area contributed by atoms with Crippen LogP contribution in [0.4, 0.5) is 0 Å². The molecule has 5 rings (SSSR count). The number of esters is 1. The van der Waals surface area contributed by atoms with E-state index in [0.29, 0.717) is 22.9 Å². The van der Waals surface area contributed by atoms with Crippen LogP contribution < -0.4 is 11.0 Å². The molecule has 0 saturated carbocycles. The van der Waals surface area contributed by atoms with Gasteiger partial charge in [0.15, 0.2) is 5.43 Å². The van der Waals surface area contributed by atoms with Crippen LogP contribution in [0.1, 0.15) is 17.3 Å². The van der Waals surface area contributed by atoms with Gasteiger partial charge in [0.1, 0.15) is 0 Å². The zero-order chi connectivity index (χ0) is 20.8. The summed E-state index contributed by atoms with van der Waals surface area (Å²) < 4.78 is 5.13. The van der Waals surface area contributed by atoms with Gasteiger partial charge in [0, 0.05) is 17.6 Å². The van der Waals surface area contributed by atoms with E-state index in [9.17, 15) is 14.4 Å². The Hall–Kier alpha value is -3.99. The lowest BCUT2D eigenvalue weighted by molar-refractivity contribution is 0.0526. The summed E-state index contributed by atoms with van der Waals surface area (Å²) in [6.07, 6.45) is 1.38. The van der Waals surface area contributed by atoms with E-state index in [2.05, 4.69) is 4.98 Å². The average molecular weight is 395 g/mol. The normalized spacial score (nSPS) is 11.4. The first-order valence-electron chi connectivity index (χ1n) is 9.69. The molecule has 0 radical (unpaired) electrons. The second-order valence-corrected chi connectivity index (χ2v) is 7.14. The summed E-state index contributed by atoms with van der Waals surface area (Å²) in [4.78, 5) is 39.8. The molecule has 5 heteroatoms. The van der Waals surface area contributed by atoms with Crippen molar-refractivity contribution < 1.29 is 9.53 Å². The van der Waals surface area contributed by atoms with E-state index in [1.54, 1.807) is 19.1 Å². The Morgan fingerprint density at radius 1 is 0.800 bits per heavy atom. The molecule has 0 spiro atoms. The van der Waals surface area contributed by atoms with E-state index in [-0.39, 0.29) is 17.0 Å². The molecule has 0 aliphatic carbocycles. The first-order chi connectivity index (χ1) is 14.6. The molecule has 1 heterocycles. The third kappa shape index (κ3) is 2.67. The first kappa shape index (κ1) is 18.1. The van der Waals surface area contributed by atoms with Crippen LogP contribution >= 0.6 is 0 Å². The molecule has 146 valence electrons. The van der Waals surface area contributed by atoms with E-state index in [1.807, 2.05) is 42.5 Å². The summed E-state index contributed by atoms with van der Waals surface area (Å²) in [6, 6.07) is 18.3. The maximum absolute atomic E-state index is 12.7. The number of aromatic nitrogens is 1. The van der Waals surface area contributed by atoms with Crippen LogP contribution in [0.2, 0.25) is 0 Å². The molecule has 0 fully saturated rings. The van der Waals surface area contributed by atoms with E-state index in [4.69, 9.17) is 4.74 Å². The number of nitrogens with one attached hydrogen (secondary N) is 1. The van der Waals surface area contributed by atoms with Gasteiger partial charge < -0.3 is 9.72 Å². The number of carbonyl (C=O) groups excluding carboxylic acids is 1. The van der Waals surface area contributed by atoms with Crippen molar-refractivity contribution in [1.29, 1.82) is 0 Å². The standard InChI is InChI=1S/C25H17NO4/c1-2-30-25(29)15-4-3-14-5-6-16-17-8-10-20-23(22(27)11-12-26-24(20)28)19(17)9-7-18(16)21(14)13-15/h3-13H,2H2,1H3,(H,26,28).